The highest BCUT2D eigenvalue weighted by atomic mass is 14.1. The van der Waals surface area contributed by atoms with E-state index in [1.807, 2.05) is 18.2 Å². The molecule has 2 aromatic carbocycles. The average molecular weight is 262 g/mol. The van der Waals surface area contributed by atoms with E-state index in [1.54, 1.807) is 0 Å². The van der Waals surface area contributed by atoms with E-state index in [-0.39, 0.29) is 0 Å². The predicted molar refractivity (Wildman–Crippen MR) is 87.0 cm³/mol. The summed E-state index contributed by atoms with van der Waals surface area (Å²) in [6, 6.07) is 16.7. The largest absolute Gasteiger partial charge is 0.0622 e. The van der Waals surface area contributed by atoms with E-state index in [9.17, 15) is 0 Å². The first-order valence-corrected chi connectivity index (χ1v) is 7.29. The summed E-state index contributed by atoms with van der Waals surface area (Å²) >= 11 is 0. The third-order valence-electron chi connectivity index (χ3n) is 3.48. The molecule has 0 nitrogen and oxygen atoms in total. The van der Waals surface area contributed by atoms with Crippen LogP contribution < -0.4 is 0 Å². The molecule has 0 aliphatic heterocycles. The zero-order chi connectivity index (χ0) is 14.5. The molecule has 0 heterocycles. The van der Waals surface area contributed by atoms with Gasteiger partial charge in [-0.1, -0.05) is 75.9 Å². The second-order valence-corrected chi connectivity index (χ2v) is 5.74. The normalized spacial score (nSPS) is 10.5. The molecule has 0 bridgehead atoms. The minimum absolute atomic E-state index is 0.494. The van der Waals surface area contributed by atoms with Crippen LogP contribution in [0, 0.1) is 11.8 Å². The Labute approximate surface area is 122 Å². The Morgan fingerprint density at radius 1 is 0.650 bits per heavy atom. The molecule has 20 heavy (non-hydrogen) atoms. The molecule has 0 saturated carbocycles. The molecule has 0 aromatic heterocycles. The van der Waals surface area contributed by atoms with Gasteiger partial charge in [0, 0.05) is 11.1 Å². The molecule has 0 spiro atoms. The second-order valence-electron chi connectivity index (χ2n) is 5.74. The van der Waals surface area contributed by atoms with E-state index >= 15 is 0 Å². The Kier molecular flexibility index (Phi) is 4.64. The van der Waals surface area contributed by atoms with Gasteiger partial charge in [-0.25, -0.2) is 0 Å². The lowest BCUT2D eigenvalue weighted by Crippen LogP contribution is -2.00. The first kappa shape index (κ1) is 14.4. The highest BCUT2D eigenvalue weighted by Crippen LogP contribution is 2.26. The Hall–Kier alpha value is -2.00. The van der Waals surface area contributed by atoms with Gasteiger partial charge in [0.15, 0.2) is 0 Å². The van der Waals surface area contributed by atoms with Gasteiger partial charge in [0.2, 0.25) is 0 Å². The minimum atomic E-state index is 0.494. The van der Waals surface area contributed by atoms with Crippen molar-refractivity contribution in [1.82, 2.24) is 0 Å². The van der Waals surface area contributed by atoms with Gasteiger partial charge >= 0.3 is 0 Å². The van der Waals surface area contributed by atoms with Crippen LogP contribution in [0.3, 0.4) is 0 Å². The Bertz CT molecular complexity index is 596. The fraction of sp³-hybridized carbons (Fsp3) is 0.300. The van der Waals surface area contributed by atoms with Gasteiger partial charge in [-0.05, 0) is 35.1 Å². The molecule has 0 heteroatoms. The van der Waals surface area contributed by atoms with Gasteiger partial charge in [-0.15, -0.1) is 0 Å². The maximum Gasteiger partial charge on any atom is 0.0318 e. The van der Waals surface area contributed by atoms with Gasteiger partial charge in [0.25, 0.3) is 0 Å². The van der Waals surface area contributed by atoms with Crippen LogP contribution in [0.5, 0.6) is 0 Å². The van der Waals surface area contributed by atoms with E-state index in [2.05, 4.69) is 69.9 Å². The molecule has 0 saturated heterocycles. The summed E-state index contributed by atoms with van der Waals surface area (Å²) in [6.45, 7) is 8.92. The van der Waals surface area contributed by atoms with Crippen molar-refractivity contribution in [3.05, 3.63) is 70.8 Å². The fourth-order valence-corrected chi connectivity index (χ4v) is 2.35. The van der Waals surface area contributed by atoms with Crippen molar-refractivity contribution < 1.29 is 0 Å². The smallest absolute Gasteiger partial charge is 0.0318 e. The Balaban J connectivity index is 2.52. The molecule has 2 aromatic rings. The minimum Gasteiger partial charge on any atom is -0.0622 e. The standard InChI is InChI=1S/C20H22/c1-15(2)18-11-8-12-19(16(3)4)20(18)14-13-17-9-6-5-7-10-17/h5-12,15-16H,1-4H3. The van der Waals surface area contributed by atoms with Crippen LogP contribution in [0.2, 0.25) is 0 Å². The highest BCUT2D eigenvalue weighted by Gasteiger charge is 2.11. The molecule has 0 unspecified atom stereocenters. The van der Waals surface area contributed by atoms with Crippen LogP contribution in [0.4, 0.5) is 0 Å². The monoisotopic (exact) mass is 262 g/mol. The van der Waals surface area contributed by atoms with Gasteiger partial charge in [0.05, 0.1) is 0 Å². The third-order valence-corrected chi connectivity index (χ3v) is 3.48. The summed E-state index contributed by atoms with van der Waals surface area (Å²) in [7, 11) is 0. The molecule has 2 rings (SSSR count). The third kappa shape index (κ3) is 3.31. The number of hydrogen-bond donors (Lipinski definition) is 0. The van der Waals surface area contributed by atoms with Crippen molar-refractivity contribution in [2.24, 2.45) is 0 Å². The summed E-state index contributed by atoms with van der Waals surface area (Å²) in [5, 5.41) is 0. The first-order valence-electron chi connectivity index (χ1n) is 7.29. The molecule has 0 aliphatic rings. The molecule has 0 radical (unpaired) electrons. The molecule has 0 atom stereocenters. The first-order chi connectivity index (χ1) is 9.59. The van der Waals surface area contributed by atoms with Crippen molar-refractivity contribution in [3.63, 3.8) is 0 Å². The van der Waals surface area contributed by atoms with Crippen LogP contribution in [-0.2, 0) is 0 Å². The lowest BCUT2D eigenvalue weighted by Gasteiger charge is -2.15. The predicted octanol–water partition coefficient (Wildman–Crippen LogP) is 5.33. The molecule has 0 fully saturated rings. The summed E-state index contributed by atoms with van der Waals surface area (Å²) in [6.07, 6.45) is 0. The van der Waals surface area contributed by atoms with Crippen molar-refractivity contribution >= 4 is 0 Å². The molecular formula is C20H22. The average Bonchev–Trinajstić information content (AvgIpc) is 2.45. The van der Waals surface area contributed by atoms with Gasteiger partial charge in [-0.3, -0.25) is 0 Å². The Morgan fingerprint density at radius 2 is 1.20 bits per heavy atom. The SMILES string of the molecule is CC(C)c1cccc(C(C)C)c1C#Cc1ccccc1. The quantitative estimate of drug-likeness (QED) is 0.641. The lowest BCUT2D eigenvalue weighted by molar-refractivity contribution is 0.828. The van der Waals surface area contributed by atoms with Crippen LogP contribution in [0.15, 0.2) is 48.5 Å². The van der Waals surface area contributed by atoms with Gasteiger partial charge in [0.1, 0.15) is 0 Å². The fourth-order valence-electron chi connectivity index (χ4n) is 2.35. The molecule has 0 amide bonds. The van der Waals surface area contributed by atoms with Crippen molar-refractivity contribution in [2.45, 2.75) is 39.5 Å². The Morgan fingerprint density at radius 3 is 1.70 bits per heavy atom. The van der Waals surface area contributed by atoms with Crippen LogP contribution >= 0.6 is 0 Å². The van der Waals surface area contributed by atoms with Crippen molar-refractivity contribution in [3.8, 4) is 11.8 Å². The molecule has 0 N–H and O–H groups in total. The van der Waals surface area contributed by atoms with E-state index in [1.165, 1.54) is 16.7 Å². The highest BCUT2D eigenvalue weighted by molar-refractivity contribution is 5.52. The molecule has 102 valence electrons. The van der Waals surface area contributed by atoms with E-state index in [0.29, 0.717) is 11.8 Å². The van der Waals surface area contributed by atoms with E-state index in [0.717, 1.165) is 5.56 Å². The summed E-state index contributed by atoms with van der Waals surface area (Å²) < 4.78 is 0. The van der Waals surface area contributed by atoms with Crippen LogP contribution in [-0.4, -0.2) is 0 Å². The van der Waals surface area contributed by atoms with Crippen molar-refractivity contribution in [2.75, 3.05) is 0 Å². The number of hydrogen-bond acceptors (Lipinski definition) is 0. The van der Waals surface area contributed by atoms with E-state index < -0.39 is 0 Å². The zero-order valence-corrected chi connectivity index (χ0v) is 12.8. The van der Waals surface area contributed by atoms with Crippen molar-refractivity contribution in [1.29, 1.82) is 0 Å². The maximum atomic E-state index is 3.41. The van der Waals surface area contributed by atoms with Crippen LogP contribution in [0.25, 0.3) is 0 Å². The van der Waals surface area contributed by atoms with Gasteiger partial charge in [-0.2, -0.15) is 0 Å². The molecule has 0 aliphatic carbocycles. The van der Waals surface area contributed by atoms with E-state index in [4.69, 9.17) is 0 Å². The second kappa shape index (κ2) is 6.44. The zero-order valence-electron chi connectivity index (χ0n) is 12.8. The molecular weight excluding hydrogens is 240 g/mol. The summed E-state index contributed by atoms with van der Waals surface area (Å²) in [5.41, 5.74) is 4.97. The number of rotatable bonds is 2. The maximum absolute atomic E-state index is 3.41. The summed E-state index contributed by atoms with van der Waals surface area (Å²) in [4.78, 5) is 0. The van der Waals surface area contributed by atoms with Gasteiger partial charge < -0.3 is 0 Å². The summed E-state index contributed by atoms with van der Waals surface area (Å²) in [5.74, 6) is 7.70. The lowest BCUT2D eigenvalue weighted by atomic mass is 9.89. The van der Waals surface area contributed by atoms with Crippen LogP contribution in [0.1, 0.15) is 61.8 Å². The topological polar surface area (TPSA) is 0 Å². The number of benzene rings is 2.